The molecular formula is C11H16O. The molecule has 1 nitrogen and oxygen atoms in total. The highest BCUT2D eigenvalue weighted by Gasteiger charge is 2.44. The Morgan fingerprint density at radius 1 is 1.67 bits per heavy atom. The van der Waals surface area contributed by atoms with Gasteiger partial charge in [0.25, 0.3) is 0 Å². The summed E-state index contributed by atoms with van der Waals surface area (Å²) < 4.78 is 0. The van der Waals surface area contributed by atoms with Crippen LogP contribution >= 0.6 is 0 Å². The van der Waals surface area contributed by atoms with Gasteiger partial charge in [0, 0.05) is 5.92 Å². The van der Waals surface area contributed by atoms with Gasteiger partial charge in [0.1, 0.15) is 0 Å². The van der Waals surface area contributed by atoms with Crippen molar-refractivity contribution >= 4 is 0 Å². The monoisotopic (exact) mass is 164 g/mol. The van der Waals surface area contributed by atoms with E-state index in [0.717, 1.165) is 12.8 Å². The maximum absolute atomic E-state index is 9.98. The molecule has 0 unspecified atom stereocenters. The fourth-order valence-corrected chi connectivity index (χ4v) is 2.35. The fourth-order valence-electron chi connectivity index (χ4n) is 2.35. The average molecular weight is 164 g/mol. The number of allylic oxidation sites excluding steroid dienone is 1. The number of aliphatic hydroxyl groups is 1. The van der Waals surface area contributed by atoms with E-state index in [4.69, 9.17) is 0 Å². The Morgan fingerprint density at radius 3 is 2.92 bits per heavy atom. The molecule has 2 aliphatic carbocycles. The summed E-state index contributed by atoms with van der Waals surface area (Å²) in [4.78, 5) is 0. The summed E-state index contributed by atoms with van der Waals surface area (Å²) in [5.41, 5.74) is 0.916. The second kappa shape index (κ2) is 2.74. The highest BCUT2D eigenvalue weighted by molar-refractivity contribution is 5.24. The smallest absolute Gasteiger partial charge is 0.0890 e. The molecule has 0 aromatic rings. The van der Waals surface area contributed by atoms with E-state index in [1.807, 2.05) is 0 Å². The summed E-state index contributed by atoms with van der Waals surface area (Å²) in [5.74, 6) is 0.400. The van der Waals surface area contributed by atoms with Crippen molar-refractivity contribution in [3.63, 3.8) is 0 Å². The van der Waals surface area contributed by atoms with Crippen molar-refractivity contribution in [2.45, 2.75) is 37.7 Å². The number of rotatable bonds is 2. The van der Waals surface area contributed by atoms with Crippen molar-refractivity contribution in [3.05, 3.63) is 24.3 Å². The molecule has 2 aliphatic rings. The molecule has 0 aromatic heterocycles. The normalized spacial score (nSPS) is 40.4. The van der Waals surface area contributed by atoms with Crippen molar-refractivity contribution in [1.82, 2.24) is 0 Å². The molecule has 1 saturated carbocycles. The molecule has 0 spiro atoms. The molecule has 0 heterocycles. The molecule has 0 aliphatic heterocycles. The molecule has 0 aromatic carbocycles. The van der Waals surface area contributed by atoms with Gasteiger partial charge in [0.05, 0.1) is 5.60 Å². The molecule has 1 fully saturated rings. The van der Waals surface area contributed by atoms with E-state index in [1.54, 1.807) is 6.08 Å². The Hall–Kier alpha value is -0.560. The summed E-state index contributed by atoms with van der Waals surface area (Å²) in [6.45, 7) is 3.70. The van der Waals surface area contributed by atoms with Crippen molar-refractivity contribution in [2.75, 3.05) is 0 Å². The predicted molar refractivity (Wildman–Crippen MR) is 49.8 cm³/mol. The maximum Gasteiger partial charge on any atom is 0.0890 e. The second-order valence-electron chi connectivity index (χ2n) is 3.96. The lowest BCUT2D eigenvalue weighted by atomic mass is 9.66. The molecule has 66 valence electrons. The zero-order valence-corrected chi connectivity index (χ0v) is 7.42. The molecule has 0 saturated heterocycles. The van der Waals surface area contributed by atoms with E-state index in [0.29, 0.717) is 5.92 Å². The van der Waals surface area contributed by atoms with Crippen LogP contribution in [0.4, 0.5) is 0 Å². The standard InChI is InChI=1S/C11H16O/c1-2-11(12)8-7-10(11)9-5-3-4-6-9/h2,5,10,12H,1,3-4,6-8H2/t10-,11-/m0/s1. The Morgan fingerprint density at radius 2 is 2.50 bits per heavy atom. The topological polar surface area (TPSA) is 20.2 Å². The van der Waals surface area contributed by atoms with Gasteiger partial charge in [-0.05, 0) is 32.1 Å². The highest BCUT2D eigenvalue weighted by atomic mass is 16.3. The van der Waals surface area contributed by atoms with Crippen molar-refractivity contribution in [2.24, 2.45) is 5.92 Å². The Kier molecular flexibility index (Phi) is 1.84. The van der Waals surface area contributed by atoms with Gasteiger partial charge in [-0.2, -0.15) is 0 Å². The van der Waals surface area contributed by atoms with Gasteiger partial charge >= 0.3 is 0 Å². The quantitative estimate of drug-likeness (QED) is 0.621. The van der Waals surface area contributed by atoms with Crippen LogP contribution in [0.15, 0.2) is 24.3 Å². The lowest BCUT2D eigenvalue weighted by Gasteiger charge is -2.44. The van der Waals surface area contributed by atoms with Gasteiger partial charge < -0.3 is 5.11 Å². The minimum atomic E-state index is -0.559. The minimum absolute atomic E-state index is 0.400. The SMILES string of the molecule is C=C[C@]1(O)CC[C@H]1C1=CCCC1. The van der Waals surface area contributed by atoms with Crippen LogP contribution in [0.3, 0.4) is 0 Å². The Bertz CT molecular complexity index is 229. The number of hydrogen-bond acceptors (Lipinski definition) is 1. The molecular weight excluding hydrogens is 148 g/mol. The molecule has 2 atom stereocenters. The van der Waals surface area contributed by atoms with E-state index in [-0.39, 0.29) is 0 Å². The van der Waals surface area contributed by atoms with Crippen LogP contribution in [-0.2, 0) is 0 Å². The summed E-state index contributed by atoms with van der Waals surface area (Å²) in [6, 6.07) is 0. The van der Waals surface area contributed by atoms with Crippen molar-refractivity contribution < 1.29 is 5.11 Å². The molecule has 0 radical (unpaired) electrons. The highest BCUT2D eigenvalue weighted by Crippen LogP contribution is 2.46. The first kappa shape index (κ1) is 8.06. The lowest BCUT2D eigenvalue weighted by Crippen LogP contribution is -2.45. The van der Waals surface area contributed by atoms with Gasteiger partial charge in [0.2, 0.25) is 0 Å². The third-order valence-electron chi connectivity index (χ3n) is 3.31. The minimum Gasteiger partial charge on any atom is -0.385 e. The average Bonchev–Trinajstić information content (AvgIpc) is 2.54. The Balaban J connectivity index is 2.10. The fraction of sp³-hybridized carbons (Fsp3) is 0.636. The van der Waals surface area contributed by atoms with Crippen LogP contribution in [0, 0.1) is 5.92 Å². The summed E-state index contributed by atoms with van der Waals surface area (Å²) in [6.07, 6.45) is 9.75. The van der Waals surface area contributed by atoms with E-state index >= 15 is 0 Å². The van der Waals surface area contributed by atoms with Crippen LogP contribution in [0.25, 0.3) is 0 Å². The first-order valence-corrected chi connectivity index (χ1v) is 4.81. The first-order valence-electron chi connectivity index (χ1n) is 4.81. The molecule has 2 rings (SSSR count). The van der Waals surface area contributed by atoms with Crippen LogP contribution < -0.4 is 0 Å². The molecule has 0 bridgehead atoms. The number of hydrogen-bond donors (Lipinski definition) is 1. The van der Waals surface area contributed by atoms with E-state index in [1.165, 1.54) is 24.8 Å². The third kappa shape index (κ3) is 1.04. The van der Waals surface area contributed by atoms with Gasteiger partial charge in [0.15, 0.2) is 0 Å². The first-order chi connectivity index (χ1) is 5.76. The lowest BCUT2D eigenvalue weighted by molar-refractivity contribution is -0.0342. The predicted octanol–water partition coefficient (Wildman–Crippen LogP) is 2.42. The van der Waals surface area contributed by atoms with Gasteiger partial charge in [-0.3, -0.25) is 0 Å². The van der Waals surface area contributed by atoms with Crippen LogP contribution in [0.2, 0.25) is 0 Å². The zero-order chi connectivity index (χ0) is 8.60. The second-order valence-corrected chi connectivity index (χ2v) is 3.96. The van der Waals surface area contributed by atoms with Crippen molar-refractivity contribution in [3.8, 4) is 0 Å². The van der Waals surface area contributed by atoms with E-state index in [9.17, 15) is 5.11 Å². The van der Waals surface area contributed by atoms with E-state index in [2.05, 4.69) is 12.7 Å². The van der Waals surface area contributed by atoms with Crippen molar-refractivity contribution in [1.29, 1.82) is 0 Å². The summed E-state index contributed by atoms with van der Waals surface area (Å²) >= 11 is 0. The third-order valence-corrected chi connectivity index (χ3v) is 3.31. The summed E-state index contributed by atoms with van der Waals surface area (Å²) in [5, 5.41) is 9.98. The summed E-state index contributed by atoms with van der Waals surface area (Å²) in [7, 11) is 0. The van der Waals surface area contributed by atoms with Gasteiger partial charge in [-0.15, -0.1) is 6.58 Å². The molecule has 0 amide bonds. The van der Waals surface area contributed by atoms with Crippen LogP contribution in [-0.4, -0.2) is 10.7 Å². The molecule has 12 heavy (non-hydrogen) atoms. The maximum atomic E-state index is 9.98. The van der Waals surface area contributed by atoms with Crippen LogP contribution in [0.1, 0.15) is 32.1 Å². The molecule has 1 N–H and O–H groups in total. The Labute approximate surface area is 73.8 Å². The van der Waals surface area contributed by atoms with E-state index < -0.39 is 5.60 Å². The van der Waals surface area contributed by atoms with Gasteiger partial charge in [-0.25, -0.2) is 0 Å². The largest absolute Gasteiger partial charge is 0.385 e. The van der Waals surface area contributed by atoms with Crippen LogP contribution in [0.5, 0.6) is 0 Å². The zero-order valence-electron chi connectivity index (χ0n) is 7.42. The van der Waals surface area contributed by atoms with Gasteiger partial charge in [-0.1, -0.05) is 17.7 Å². The molecule has 1 heteroatoms.